The molecule has 0 amide bonds. The highest BCUT2D eigenvalue weighted by Gasteiger charge is 2.22. The first-order valence-electron chi connectivity index (χ1n) is 33.8. The van der Waals surface area contributed by atoms with E-state index in [4.69, 9.17) is 28.0 Å². The number of rotatable bonds is 23. The lowest BCUT2D eigenvalue weighted by Crippen LogP contribution is -2.24. The molecule has 538 valence electrons. The molecule has 8 heterocycles. The molecule has 14 aromatic rings. The van der Waals surface area contributed by atoms with Crippen molar-refractivity contribution in [1.29, 1.82) is 0 Å². The third-order valence-corrected chi connectivity index (χ3v) is 16.2. The Kier molecular flexibility index (Phi) is 23.7. The van der Waals surface area contributed by atoms with Gasteiger partial charge in [0.2, 0.25) is 45.2 Å². The predicted octanol–water partition coefficient (Wildman–Crippen LogP) is 13.7. The fourth-order valence-electron chi connectivity index (χ4n) is 10.5. The number of hydrogen-bond donors (Lipinski definition) is 6. The largest absolute Gasteiger partial charge is 0.462 e. The van der Waals surface area contributed by atoms with Gasteiger partial charge in [0.1, 0.15) is 0 Å². The minimum atomic E-state index is -0.380. The normalized spacial score (nSPS) is 11.0. The number of nitrogens with one attached hydrogen (secondary N) is 6. The van der Waals surface area contributed by atoms with Crippen molar-refractivity contribution in [2.45, 2.75) is 89.1 Å². The molecule has 0 unspecified atom stereocenters. The van der Waals surface area contributed by atoms with Crippen LogP contribution in [0.1, 0.15) is 104 Å². The molecule has 0 aliphatic rings. The number of benzene rings is 6. The third kappa shape index (κ3) is 17.8. The van der Waals surface area contributed by atoms with Crippen LogP contribution in [0.25, 0.3) is 55.9 Å². The Morgan fingerprint density at radius 2 is 0.800 bits per heavy atom. The lowest BCUT2D eigenvalue weighted by atomic mass is 10.1. The van der Waals surface area contributed by atoms with E-state index in [1.165, 1.54) is 16.7 Å². The summed E-state index contributed by atoms with van der Waals surface area (Å²) >= 11 is 0. The van der Waals surface area contributed by atoms with Crippen molar-refractivity contribution in [3.8, 4) is 0 Å². The van der Waals surface area contributed by atoms with Crippen LogP contribution in [0.4, 0.5) is 69.3 Å². The maximum Gasteiger partial charge on any atom is 0.338 e. The van der Waals surface area contributed by atoms with Gasteiger partial charge in [-0.1, -0.05) is 66.7 Å². The van der Waals surface area contributed by atoms with Crippen molar-refractivity contribution in [3.05, 3.63) is 166 Å². The molecule has 0 bridgehead atoms. The van der Waals surface area contributed by atoms with Gasteiger partial charge in [-0.2, -0.15) is 10.1 Å². The molecule has 33 heteroatoms. The fourth-order valence-corrected chi connectivity index (χ4v) is 10.5. The van der Waals surface area contributed by atoms with E-state index in [1.807, 2.05) is 94.4 Å². The molecule has 0 spiro atoms. The summed E-state index contributed by atoms with van der Waals surface area (Å²) in [6, 6.07) is 40.3. The number of aromatic nitrogens is 16. The molecular formula is C72H77N25O8. The second-order valence-electron chi connectivity index (χ2n) is 23.5. The molecule has 8 aromatic heterocycles. The van der Waals surface area contributed by atoms with Crippen molar-refractivity contribution in [2.24, 2.45) is 5.10 Å². The summed E-state index contributed by atoms with van der Waals surface area (Å²) in [4.78, 5) is 63.6. The minimum Gasteiger partial charge on any atom is -0.462 e. The first kappa shape index (κ1) is 72.8. The Morgan fingerprint density at radius 1 is 0.429 bits per heavy atom. The van der Waals surface area contributed by atoms with Gasteiger partial charge in [-0.3, -0.25) is 5.43 Å². The molecule has 6 N–H and O–H groups in total. The number of nitrogens with zero attached hydrogens (tertiary/aromatic N) is 19. The van der Waals surface area contributed by atoms with Crippen LogP contribution in [0.5, 0.6) is 0 Å². The average Bonchev–Trinajstić information content (AvgIpc) is 1.75. The molecule has 0 aliphatic carbocycles. The zero-order valence-electron chi connectivity index (χ0n) is 59.8. The quantitative estimate of drug-likeness (QED) is 0.0197. The summed E-state index contributed by atoms with van der Waals surface area (Å²) < 4.78 is 28.9. The van der Waals surface area contributed by atoms with Crippen molar-refractivity contribution < 1.29 is 37.6 Å². The van der Waals surface area contributed by atoms with Crippen LogP contribution >= 0.6 is 0 Å². The molecule has 6 aromatic carbocycles. The summed E-state index contributed by atoms with van der Waals surface area (Å²) in [5, 5.41) is 53.0. The maximum atomic E-state index is 11.9. The highest BCUT2D eigenvalue weighted by atomic mass is 16.6. The highest BCUT2D eigenvalue weighted by Crippen LogP contribution is 2.32. The van der Waals surface area contributed by atoms with Gasteiger partial charge >= 0.3 is 11.9 Å². The number of ether oxygens (including phenoxy) is 2. The monoisotopic (exact) mass is 1420 g/mol. The van der Waals surface area contributed by atoms with Crippen molar-refractivity contribution >= 4 is 143 Å². The maximum absolute atomic E-state index is 11.9. The first-order valence-corrected chi connectivity index (χ1v) is 33.8. The zero-order valence-corrected chi connectivity index (χ0v) is 59.8. The standard InChI is InChI=1S/C24H19N7O3.C17H20N6O3.C16H20N6O.C15H18N6O/c1-2-33-24(32)16-10-12-18(13-11-16)26-20-21(28-23-22(27-20)30-34-31-23)29-25-14-17-8-5-7-15-6-3-4-9-19(15)17;1-4-23(5-2)16-15(19-13-14(20-16)22-26-21-13)18-12-9-7-11(8-10-12)17(24)25-6-3;1-5-22(6-2)16-15(18-13-14(19-16)21-23-20-13)17-12-9-7-8-10(3)11(12)4;1-8(2)16-12-13(19-15-14(18-12)20-22-21-15)17-11-7-5-6-9(3)10(11)4/h3-14H,2H2,1H3,(H,26,27,30)(H,28,29,31);7-10H,4-6H2,1-3H3,(H,18,19,21);7-9H,5-6H2,1-4H3,(H,17,18,20);5-8H,1-4H3,(H,16,18,20)(H,17,19,21)/b25-14+;;;. The van der Waals surface area contributed by atoms with Crippen LogP contribution in [0.15, 0.2) is 151 Å². The van der Waals surface area contributed by atoms with E-state index in [-0.39, 0.29) is 29.3 Å². The van der Waals surface area contributed by atoms with E-state index < -0.39 is 0 Å². The molecule has 0 radical (unpaired) electrons. The summed E-state index contributed by atoms with van der Waals surface area (Å²) in [5.74, 6) is 3.80. The number of hydrogen-bond acceptors (Lipinski definition) is 33. The van der Waals surface area contributed by atoms with Gasteiger partial charge in [-0.05, 0) is 218 Å². The van der Waals surface area contributed by atoms with Crippen LogP contribution < -0.4 is 41.8 Å². The molecular weight excluding hydrogens is 1340 g/mol. The Hall–Kier alpha value is -13.5. The van der Waals surface area contributed by atoms with Crippen molar-refractivity contribution in [3.63, 3.8) is 0 Å². The van der Waals surface area contributed by atoms with Gasteiger partial charge in [-0.15, -0.1) is 0 Å². The topological polar surface area (TPSA) is 402 Å². The van der Waals surface area contributed by atoms with Crippen LogP contribution in [-0.4, -0.2) is 145 Å². The lowest BCUT2D eigenvalue weighted by molar-refractivity contribution is 0.0517. The van der Waals surface area contributed by atoms with E-state index in [0.717, 1.165) is 71.0 Å². The number of esters is 2. The number of aryl methyl sites for hydroxylation is 2. The summed E-state index contributed by atoms with van der Waals surface area (Å²) in [6.45, 7) is 28.0. The second-order valence-corrected chi connectivity index (χ2v) is 23.5. The smallest absolute Gasteiger partial charge is 0.338 e. The average molecular weight is 1420 g/mol. The van der Waals surface area contributed by atoms with Gasteiger partial charge in [0.25, 0.3) is 0 Å². The van der Waals surface area contributed by atoms with Gasteiger partial charge in [0.15, 0.2) is 46.5 Å². The summed E-state index contributed by atoms with van der Waals surface area (Å²) in [6.07, 6.45) is 1.72. The van der Waals surface area contributed by atoms with E-state index >= 15 is 0 Å². The Labute approximate surface area is 601 Å². The van der Waals surface area contributed by atoms with Gasteiger partial charge in [-0.25, -0.2) is 63.0 Å². The van der Waals surface area contributed by atoms with E-state index in [2.05, 4.69) is 182 Å². The van der Waals surface area contributed by atoms with Crippen LogP contribution in [0, 0.1) is 27.7 Å². The Balaban J connectivity index is 0.000000142. The molecule has 0 atom stereocenters. The third-order valence-electron chi connectivity index (χ3n) is 16.2. The minimum absolute atomic E-state index is 0.214. The van der Waals surface area contributed by atoms with Gasteiger partial charge < -0.3 is 45.9 Å². The SMILES string of the molecule is CCN(CC)c1nc2nonc2nc1Nc1cccc(C)c1C.CCOC(=O)c1ccc(Nc2nc3nonc3nc2N(CC)CC)cc1.CCOC(=O)c1ccc(Nc2nc3nonc3nc2N/N=C/c2cccc3ccccc23)cc1.Cc1cccc(Nc2nc3nonc3nc2NC(C)C)c1C. The molecule has 0 saturated heterocycles. The van der Waals surface area contributed by atoms with Crippen LogP contribution in [-0.2, 0) is 9.47 Å². The summed E-state index contributed by atoms with van der Waals surface area (Å²) in [5.41, 5.74) is 15.8. The van der Waals surface area contributed by atoms with E-state index in [0.29, 0.717) is 105 Å². The summed E-state index contributed by atoms with van der Waals surface area (Å²) in [7, 11) is 0. The van der Waals surface area contributed by atoms with E-state index in [1.54, 1.807) is 68.6 Å². The molecule has 0 aliphatic heterocycles. The number of carbonyl (C=O) groups is 2. The second kappa shape index (κ2) is 34.2. The van der Waals surface area contributed by atoms with Gasteiger partial charge in [0.05, 0.1) is 30.6 Å². The molecule has 33 nitrogen and oxygen atoms in total. The number of fused-ring (bicyclic) bond motifs is 5. The molecule has 0 fully saturated rings. The molecule has 14 rings (SSSR count). The lowest BCUT2D eigenvalue weighted by Gasteiger charge is -2.22. The van der Waals surface area contributed by atoms with Crippen molar-refractivity contribution in [1.82, 2.24) is 81.1 Å². The first-order chi connectivity index (χ1) is 51.0. The Bertz CT molecular complexity index is 5300. The van der Waals surface area contributed by atoms with E-state index in [9.17, 15) is 9.59 Å². The zero-order chi connectivity index (χ0) is 73.9. The number of anilines is 12. The van der Waals surface area contributed by atoms with Crippen LogP contribution in [0.3, 0.4) is 0 Å². The van der Waals surface area contributed by atoms with Gasteiger partial charge in [0, 0.05) is 60.5 Å². The van der Waals surface area contributed by atoms with Crippen LogP contribution in [0.2, 0.25) is 0 Å². The number of carbonyl (C=O) groups excluding carboxylic acids is 2. The molecule has 0 saturated carbocycles. The predicted molar refractivity (Wildman–Crippen MR) is 400 cm³/mol. The molecule has 105 heavy (non-hydrogen) atoms. The van der Waals surface area contributed by atoms with Crippen molar-refractivity contribution in [2.75, 3.05) is 81.2 Å². The highest BCUT2D eigenvalue weighted by molar-refractivity contribution is 6.00. The Morgan fingerprint density at radius 3 is 1.25 bits per heavy atom. The fraction of sp³-hybridized carbons (Fsp3) is 0.264. The number of hydrazone groups is 1.